The first-order valence-electron chi connectivity index (χ1n) is 26.2. The maximum absolute atomic E-state index is 7.56. The van der Waals surface area contributed by atoms with E-state index in [1.807, 2.05) is 36.5 Å². The first-order valence-corrected chi connectivity index (χ1v) is 32.1. The Morgan fingerprint density at radius 2 is 1.35 bits per heavy atom. The van der Waals surface area contributed by atoms with Gasteiger partial charge in [-0.1, -0.05) is 105 Å². The summed E-state index contributed by atoms with van der Waals surface area (Å²) in [6.45, 7) is 13.6. The number of nitrogens with zero attached hydrogens (tertiary/aromatic N) is 4. The van der Waals surface area contributed by atoms with Gasteiger partial charge < -0.3 is 8.98 Å². The molecule has 5 nitrogen and oxygen atoms in total. The van der Waals surface area contributed by atoms with Crippen LogP contribution in [0.1, 0.15) is 91.0 Å². The number of fused-ring (bicyclic) bond motifs is 6. The average molecular weight is 1180 g/mol. The van der Waals surface area contributed by atoms with Gasteiger partial charge in [0.05, 0.1) is 33.7 Å². The molecule has 7 aromatic carbocycles. The zero-order valence-corrected chi connectivity index (χ0v) is 47.3. The molecule has 0 unspecified atom stereocenters. The monoisotopic (exact) mass is 1180 g/mol. The number of hydrogen-bond acceptors (Lipinski definition) is 4. The van der Waals surface area contributed by atoms with E-state index in [4.69, 9.17) is 23.5 Å². The second-order valence-electron chi connectivity index (χ2n) is 20.9. The van der Waals surface area contributed by atoms with Crippen LogP contribution in [0.4, 0.5) is 0 Å². The molecule has 11 aromatic rings. The maximum atomic E-state index is 7.56. The molecular formula is C65H62GeIrN4O-2. The van der Waals surface area contributed by atoms with Crippen molar-refractivity contribution in [2.24, 2.45) is 0 Å². The summed E-state index contributed by atoms with van der Waals surface area (Å²) < 4.78 is 33.0. The molecule has 0 amide bonds. The van der Waals surface area contributed by atoms with Gasteiger partial charge in [0, 0.05) is 36.6 Å². The van der Waals surface area contributed by atoms with Crippen molar-refractivity contribution < 1.29 is 28.6 Å². The van der Waals surface area contributed by atoms with Crippen LogP contribution in [0.2, 0.25) is 17.3 Å². The first-order chi connectivity index (χ1) is 35.3. The molecule has 0 N–H and O–H groups in total. The van der Waals surface area contributed by atoms with E-state index in [1.165, 1.54) is 43.5 Å². The normalized spacial score (nSPS) is 12.8. The molecule has 0 bridgehead atoms. The minimum atomic E-state index is -2.18. The van der Waals surface area contributed by atoms with E-state index in [9.17, 15) is 0 Å². The smallest absolute Gasteiger partial charge is 0 e. The van der Waals surface area contributed by atoms with Crippen LogP contribution >= 0.6 is 0 Å². The molecule has 0 aliphatic rings. The Balaban J connectivity index is 0.000000200. The topological polar surface area (TPSA) is 56.7 Å². The van der Waals surface area contributed by atoms with Crippen molar-refractivity contribution in [1.82, 2.24) is 19.5 Å². The van der Waals surface area contributed by atoms with Crippen molar-refractivity contribution in [1.29, 1.82) is 0 Å². The van der Waals surface area contributed by atoms with Gasteiger partial charge in [0.1, 0.15) is 5.58 Å². The zero-order valence-electron chi connectivity index (χ0n) is 45.8. The van der Waals surface area contributed by atoms with Crippen LogP contribution in [0.5, 0.6) is 0 Å². The van der Waals surface area contributed by atoms with Crippen molar-refractivity contribution in [2.45, 2.75) is 89.8 Å². The summed E-state index contributed by atoms with van der Waals surface area (Å²) >= 11 is -2.18. The minimum Gasteiger partial charge on any atom is 0 e. The van der Waals surface area contributed by atoms with Crippen LogP contribution in [0, 0.1) is 25.9 Å². The predicted molar refractivity (Wildman–Crippen MR) is 301 cm³/mol. The van der Waals surface area contributed by atoms with Gasteiger partial charge in [-0.25, -0.2) is 0 Å². The summed E-state index contributed by atoms with van der Waals surface area (Å²) in [7, 11) is 0. The summed E-state index contributed by atoms with van der Waals surface area (Å²) in [5, 5.41) is 3.22. The number of hydrogen-bond donors (Lipinski definition) is 0. The van der Waals surface area contributed by atoms with Crippen LogP contribution in [0.15, 0.2) is 168 Å². The van der Waals surface area contributed by atoms with E-state index >= 15 is 0 Å². The number of pyridine rings is 2. The molecule has 363 valence electrons. The Hall–Kier alpha value is -6.44. The van der Waals surface area contributed by atoms with Gasteiger partial charge in [0.15, 0.2) is 0 Å². The molecule has 72 heavy (non-hydrogen) atoms. The molecule has 0 spiro atoms. The fourth-order valence-corrected chi connectivity index (χ4v) is 13.5. The summed E-state index contributed by atoms with van der Waals surface area (Å²) in [6, 6.07) is 60.6. The third-order valence-corrected chi connectivity index (χ3v) is 18.2. The van der Waals surface area contributed by atoms with E-state index in [0.29, 0.717) is 5.56 Å². The number of aromatic nitrogens is 4. The summed E-state index contributed by atoms with van der Waals surface area (Å²) in [5.41, 5.74) is 16.8. The third kappa shape index (κ3) is 9.41. The molecule has 0 saturated heterocycles. The number of aryl methyl sites for hydroxylation is 2. The molecule has 0 saturated carbocycles. The second kappa shape index (κ2) is 20.2. The van der Waals surface area contributed by atoms with Crippen LogP contribution < -0.4 is 4.40 Å². The Kier molecular flexibility index (Phi) is 13.1. The molecule has 0 fully saturated rings. The van der Waals surface area contributed by atoms with Gasteiger partial charge in [-0.15, -0.1) is 18.2 Å². The van der Waals surface area contributed by atoms with Gasteiger partial charge in [0.2, 0.25) is 0 Å². The Morgan fingerprint density at radius 1 is 0.694 bits per heavy atom. The summed E-state index contributed by atoms with van der Waals surface area (Å²) in [4.78, 5) is 15.2. The third-order valence-electron chi connectivity index (χ3n) is 13.9. The van der Waals surface area contributed by atoms with Crippen LogP contribution in [-0.4, -0.2) is 32.8 Å². The van der Waals surface area contributed by atoms with Crippen molar-refractivity contribution in [3.63, 3.8) is 0 Å². The second-order valence-corrected chi connectivity index (χ2v) is 31.5. The molecule has 1 radical (unpaired) electrons. The fourth-order valence-electron chi connectivity index (χ4n) is 10.1. The standard InChI is InChI=1S/C41H34N3O.C24H28GeN.Ir/c1-24(2)33-22-28(27-14-7-6-8-15-27)23-34(25(3)4)38(33)44-39-31-17-9-11-20-35(31)42-26(5)37(39)43-41(44)32-19-13-18-30-29-16-10-12-21-36(29)45-40(30)32;1-18-12-14-19(15-13-18)23-16-21(22(17-26-23)25(4,5)6)24(2,3)20-10-8-7-9-11-20;/h6-18,20-25H,1-5H3;7-14,16-17H,1-6H3;/q2*-1;/i;1D3;. The molecule has 0 atom stereocenters. The van der Waals surface area contributed by atoms with E-state index < -0.39 is 20.1 Å². The number of para-hydroxylation sites is 2. The summed E-state index contributed by atoms with van der Waals surface area (Å²) in [5.74, 6) is 8.49. The van der Waals surface area contributed by atoms with Crippen molar-refractivity contribution in [3.8, 4) is 39.5 Å². The Labute approximate surface area is 445 Å². The quantitative estimate of drug-likeness (QED) is 0.107. The Bertz CT molecular complexity index is 3830. The maximum Gasteiger partial charge on any atom is 0 e. The number of rotatable bonds is 9. The largest absolute Gasteiger partial charge is 0 e. The zero-order chi connectivity index (χ0) is 52.3. The minimum absolute atomic E-state index is 0. The van der Waals surface area contributed by atoms with Crippen LogP contribution in [-0.2, 0) is 25.5 Å². The van der Waals surface area contributed by atoms with E-state index in [-0.39, 0.29) is 37.4 Å². The summed E-state index contributed by atoms with van der Waals surface area (Å²) in [6.07, 6.45) is 2.04. The van der Waals surface area contributed by atoms with Gasteiger partial charge >= 0.3 is 165 Å². The van der Waals surface area contributed by atoms with Crippen molar-refractivity contribution in [2.75, 3.05) is 0 Å². The van der Waals surface area contributed by atoms with E-state index in [2.05, 4.69) is 198 Å². The number of benzene rings is 7. The molecule has 11 rings (SSSR count). The van der Waals surface area contributed by atoms with Crippen molar-refractivity contribution >= 4 is 61.5 Å². The number of imidazole rings is 1. The van der Waals surface area contributed by atoms with Crippen LogP contribution in [0.3, 0.4) is 0 Å². The van der Waals surface area contributed by atoms with E-state index in [1.54, 1.807) is 12.1 Å². The molecule has 4 heterocycles. The molecule has 7 heteroatoms. The van der Waals surface area contributed by atoms with Crippen LogP contribution in [0.25, 0.3) is 83.3 Å². The van der Waals surface area contributed by atoms with Gasteiger partial charge in [-0.3, -0.25) is 9.97 Å². The average Bonchev–Trinajstić information content (AvgIpc) is 3.99. The van der Waals surface area contributed by atoms with Crippen molar-refractivity contribution in [3.05, 3.63) is 210 Å². The fraction of sp³-hybridized carbons (Fsp3) is 0.215. The Morgan fingerprint density at radius 3 is 2.00 bits per heavy atom. The first kappa shape index (κ1) is 46.6. The molecular weight excluding hydrogens is 1120 g/mol. The van der Waals surface area contributed by atoms with E-state index in [0.717, 1.165) is 72.2 Å². The van der Waals surface area contributed by atoms with Gasteiger partial charge in [0.25, 0.3) is 0 Å². The SMILES string of the molecule is Cc1nc2ccccc2c2c1nc(-c1[c-]ccc3c1oc1ccccc13)n2-c1c(C(C)C)cc(-c2ccccc2)cc1C(C)C.[2H]C([2H])([2H])c1c[c-]c(-c2cc(C(C)(C)c3ccccc3)[c]([Ge]([CH3])([CH3])[CH3])cn2)cc1.[Ir]. The molecule has 0 aliphatic heterocycles. The predicted octanol–water partition coefficient (Wildman–Crippen LogP) is 16.9. The number of furan rings is 1. The molecule has 0 aliphatic carbocycles. The van der Waals surface area contributed by atoms with Gasteiger partial charge in [-0.2, -0.15) is 0 Å². The van der Waals surface area contributed by atoms with Gasteiger partial charge in [-0.05, 0) is 65.3 Å². The molecule has 4 aromatic heterocycles.